The highest BCUT2D eigenvalue weighted by Crippen LogP contribution is 2.28. The molecule has 0 saturated heterocycles. The number of rotatable bonds is 7. The number of nitrogens with zero attached hydrogens (tertiary/aromatic N) is 2. The predicted octanol–water partition coefficient (Wildman–Crippen LogP) is 3.23. The van der Waals surface area contributed by atoms with E-state index in [2.05, 4.69) is 15.9 Å². The lowest BCUT2D eigenvalue weighted by atomic mass is 10.1. The smallest absolute Gasteiger partial charge is 0.334 e. The molecule has 8 heteroatoms. The number of hydrogen-bond donors (Lipinski definition) is 0. The molecule has 0 aliphatic rings. The van der Waals surface area contributed by atoms with Crippen LogP contribution in [0.3, 0.4) is 0 Å². The van der Waals surface area contributed by atoms with Gasteiger partial charge in [0.15, 0.2) is 6.73 Å². The van der Waals surface area contributed by atoms with Gasteiger partial charge in [0.1, 0.15) is 4.83 Å². The SMILES string of the molecule is CCc1sc2c(c1C)c(=O)n(COC=O)c(=O)n2CCc1ccccc1Br. The van der Waals surface area contributed by atoms with Crippen molar-refractivity contribution in [2.75, 3.05) is 0 Å². The van der Waals surface area contributed by atoms with Crippen LogP contribution in [0.5, 0.6) is 0 Å². The number of carbonyl (C=O) groups excluding carboxylic acids is 1. The number of fused-ring (bicyclic) bond motifs is 1. The molecule has 6 nitrogen and oxygen atoms in total. The van der Waals surface area contributed by atoms with Crippen LogP contribution in [0, 0.1) is 6.92 Å². The third-order valence-electron chi connectivity index (χ3n) is 4.55. The number of halogens is 1. The summed E-state index contributed by atoms with van der Waals surface area (Å²) in [6.45, 7) is 4.19. The van der Waals surface area contributed by atoms with E-state index in [1.54, 1.807) is 4.57 Å². The van der Waals surface area contributed by atoms with Gasteiger partial charge in [0.2, 0.25) is 0 Å². The van der Waals surface area contributed by atoms with Crippen molar-refractivity contribution in [3.8, 4) is 0 Å². The number of carbonyl (C=O) groups is 1. The van der Waals surface area contributed by atoms with Crippen LogP contribution in [0.25, 0.3) is 10.2 Å². The van der Waals surface area contributed by atoms with Crippen molar-refractivity contribution in [2.45, 2.75) is 40.0 Å². The summed E-state index contributed by atoms with van der Waals surface area (Å²) in [5.74, 6) is 0. The van der Waals surface area contributed by atoms with E-state index in [1.807, 2.05) is 38.1 Å². The van der Waals surface area contributed by atoms with Gasteiger partial charge >= 0.3 is 5.69 Å². The summed E-state index contributed by atoms with van der Waals surface area (Å²) in [4.78, 5) is 38.1. The molecule has 2 aromatic heterocycles. The van der Waals surface area contributed by atoms with E-state index in [0.29, 0.717) is 23.2 Å². The zero-order valence-electron chi connectivity index (χ0n) is 15.0. The fourth-order valence-corrected chi connectivity index (χ4v) is 4.87. The minimum absolute atomic E-state index is 0.236. The molecule has 1 aromatic carbocycles. The zero-order chi connectivity index (χ0) is 19.6. The predicted molar refractivity (Wildman–Crippen MR) is 109 cm³/mol. The van der Waals surface area contributed by atoms with E-state index in [-0.39, 0.29) is 13.2 Å². The van der Waals surface area contributed by atoms with Crippen molar-refractivity contribution in [3.05, 3.63) is 65.6 Å². The molecular weight excluding hydrogens is 432 g/mol. The van der Waals surface area contributed by atoms with Crippen molar-refractivity contribution in [3.63, 3.8) is 0 Å². The van der Waals surface area contributed by atoms with Crippen molar-refractivity contribution in [2.24, 2.45) is 0 Å². The minimum Gasteiger partial charge on any atom is -0.446 e. The highest BCUT2D eigenvalue weighted by atomic mass is 79.9. The molecular formula is C19H19BrN2O4S. The molecule has 3 aromatic rings. The first-order valence-corrected chi connectivity index (χ1v) is 10.1. The molecule has 2 heterocycles. The zero-order valence-corrected chi connectivity index (χ0v) is 17.4. The molecule has 0 aliphatic carbocycles. The fraction of sp³-hybridized carbons (Fsp3) is 0.316. The van der Waals surface area contributed by atoms with Crippen LogP contribution < -0.4 is 11.2 Å². The summed E-state index contributed by atoms with van der Waals surface area (Å²) < 4.78 is 8.27. The van der Waals surface area contributed by atoms with Crippen LogP contribution in [0.1, 0.15) is 22.9 Å². The van der Waals surface area contributed by atoms with Crippen LogP contribution >= 0.6 is 27.3 Å². The van der Waals surface area contributed by atoms with E-state index in [1.165, 1.54) is 11.3 Å². The molecule has 0 fully saturated rings. The van der Waals surface area contributed by atoms with Gasteiger partial charge in [0.25, 0.3) is 12.0 Å². The average molecular weight is 451 g/mol. The average Bonchev–Trinajstić information content (AvgIpc) is 2.99. The Bertz CT molecular complexity index is 1110. The maximum atomic E-state index is 12.9. The highest BCUT2D eigenvalue weighted by Gasteiger charge is 2.19. The lowest BCUT2D eigenvalue weighted by Gasteiger charge is -2.12. The van der Waals surface area contributed by atoms with Crippen LogP contribution in [0.15, 0.2) is 38.3 Å². The Labute approximate surface area is 168 Å². The van der Waals surface area contributed by atoms with Gasteiger partial charge in [-0.2, -0.15) is 0 Å². The first kappa shape index (κ1) is 19.6. The van der Waals surface area contributed by atoms with E-state index >= 15 is 0 Å². The summed E-state index contributed by atoms with van der Waals surface area (Å²) in [5, 5.41) is 0.526. The van der Waals surface area contributed by atoms with Gasteiger partial charge < -0.3 is 4.74 Å². The van der Waals surface area contributed by atoms with Gasteiger partial charge in [-0.05, 0) is 37.0 Å². The number of benzene rings is 1. The van der Waals surface area contributed by atoms with E-state index in [0.717, 1.165) is 31.5 Å². The Balaban J connectivity index is 2.17. The Morgan fingerprint density at radius 1 is 1.22 bits per heavy atom. The van der Waals surface area contributed by atoms with Crippen LogP contribution in [-0.4, -0.2) is 15.6 Å². The third kappa shape index (κ3) is 3.64. The highest BCUT2D eigenvalue weighted by molar-refractivity contribution is 9.10. The first-order valence-electron chi connectivity index (χ1n) is 8.53. The molecule has 0 atom stereocenters. The Kier molecular flexibility index (Phi) is 5.96. The molecule has 3 rings (SSSR count). The van der Waals surface area contributed by atoms with Crippen LogP contribution in [-0.2, 0) is 35.6 Å². The first-order chi connectivity index (χ1) is 13.0. The van der Waals surface area contributed by atoms with Crippen molar-refractivity contribution in [1.29, 1.82) is 0 Å². The second-order valence-electron chi connectivity index (χ2n) is 6.08. The molecule has 0 radical (unpaired) electrons. The third-order valence-corrected chi connectivity index (χ3v) is 6.78. The largest absolute Gasteiger partial charge is 0.446 e. The summed E-state index contributed by atoms with van der Waals surface area (Å²) >= 11 is 5.00. The molecule has 0 N–H and O–H groups in total. The van der Waals surface area contributed by atoms with Gasteiger partial charge in [0.05, 0.1) is 5.39 Å². The normalized spacial score (nSPS) is 11.1. The Morgan fingerprint density at radius 2 is 1.96 bits per heavy atom. The van der Waals surface area contributed by atoms with Crippen LogP contribution in [0.4, 0.5) is 0 Å². The van der Waals surface area contributed by atoms with Gasteiger partial charge in [-0.25, -0.2) is 9.36 Å². The molecule has 0 aliphatic heterocycles. The van der Waals surface area contributed by atoms with E-state index in [4.69, 9.17) is 4.74 Å². The quantitative estimate of drug-likeness (QED) is 0.518. The van der Waals surface area contributed by atoms with Crippen molar-refractivity contribution >= 4 is 44.0 Å². The van der Waals surface area contributed by atoms with Gasteiger partial charge in [-0.3, -0.25) is 14.2 Å². The number of aromatic nitrogens is 2. The summed E-state index contributed by atoms with van der Waals surface area (Å²) in [6.07, 6.45) is 1.41. The molecule has 0 bridgehead atoms. The van der Waals surface area contributed by atoms with E-state index in [9.17, 15) is 14.4 Å². The molecule has 0 amide bonds. The summed E-state index contributed by atoms with van der Waals surface area (Å²) in [6, 6.07) is 7.83. The molecule has 0 spiro atoms. The molecule has 0 saturated carbocycles. The topological polar surface area (TPSA) is 70.3 Å². The number of hydrogen-bond acceptors (Lipinski definition) is 5. The number of ether oxygens (including phenoxy) is 1. The lowest BCUT2D eigenvalue weighted by Crippen LogP contribution is -2.40. The maximum absolute atomic E-state index is 12.9. The minimum atomic E-state index is -0.467. The number of aryl methyl sites for hydroxylation is 4. The molecule has 27 heavy (non-hydrogen) atoms. The Hall–Kier alpha value is -2.19. The number of thiophene rings is 1. The lowest BCUT2D eigenvalue weighted by molar-refractivity contribution is -0.132. The van der Waals surface area contributed by atoms with Gasteiger partial charge in [0, 0.05) is 15.9 Å². The van der Waals surface area contributed by atoms with Gasteiger partial charge in [-0.1, -0.05) is 41.1 Å². The standard InChI is InChI=1S/C19H19BrN2O4S/c1-3-15-12(2)16-17(24)22(10-26-11-23)19(25)21(18(16)27-15)9-8-13-6-4-5-7-14(13)20/h4-7,11H,3,8-10H2,1-2H3. The second-order valence-corrected chi connectivity index (χ2v) is 8.02. The second kappa shape index (κ2) is 8.22. The maximum Gasteiger partial charge on any atom is 0.334 e. The van der Waals surface area contributed by atoms with Crippen molar-refractivity contribution < 1.29 is 9.53 Å². The van der Waals surface area contributed by atoms with Gasteiger partial charge in [-0.15, -0.1) is 11.3 Å². The van der Waals surface area contributed by atoms with Crippen molar-refractivity contribution in [1.82, 2.24) is 9.13 Å². The monoisotopic (exact) mass is 450 g/mol. The molecule has 142 valence electrons. The fourth-order valence-electron chi connectivity index (χ4n) is 3.13. The van der Waals surface area contributed by atoms with E-state index < -0.39 is 11.2 Å². The van der Waals surface area contributed by atoms with Crippen LogP contribution in [0.2, 0.25) is 0 Å². The summed E-state index contributed by atoms with van der Waals surface area (Å²) in [5.41, 5.74) is 1.08. The summed E-state index contributed by atoms with van der Waals surface area (Å²) in [7, 11) is 0. The Morgan fingerprint density at radius 3 is 2.63 bits per heavy atom. The molecule has 0 unspecified atom stereocenters.